The molecule has 0 amide bonds. The number of rotatable bonds is 4. The predicted octanol–water partition coefficient (Wildman–Crippen LogP) is 2.77. The van der Waals surface area contributed by atoms with E-state index in [1.54, 1.807) is 43.3 Å². The van der Waals surface area contributed by atoms with E-state index in [4.69, 9.17) is 11.6 Å². The van der Waals surface area contributed by atoms with Gasteiger partial charge in [0.2, 0.25) is 0 Å². The maximum atomic E-state index is 12.1. The van der Waals surface area contributed by atoms with E-state index in [0.29, 0.717) is 5.02 Å². The van der Waals surface area contributed by atoms with Crippen molar-refractivity contribution in [2.75, 3.05) is 0 Å². The number of nitrogens with zero attached hydrogens (tertiary/aromatic N) is 1. The molecule has 1 heterocycles. The van der Waals surface area contributed by atoms with Gasteiger partial charge in [0.15, 0.2) is 5.03 Å². The minimum absolute atomic E-state index is 0.0100. The Morgan fingerprint density at radius 1 is 1.16 bits per heavy atom. The molecule has 0 spiro atoms. The zero-order chi connectivity index (χ0) is 13.9. The zero-order valence-corrected chi connectivity index (χ0v) is 11.8. The van der Waals surface area contributed by atoms with Gasteiger partial charge in [-0.1, -0.05) is 29.8 Å². The molecule has 0 saturated heterocycles. The van der Waals surface area contributed by atoms with Gasteiger partial charge in [-0.15, -0.1) is 0 Å². The Morgan fingerprint density at radius 2 is 1.84 bits per heavy atom. The Kier molecular flexibility index (Phi) is 4.19. The summed E-state index contributed by atoms with van der Waals surface area (Å²) >= 11 is 5.80. The lowest BCUT2D eigenvalue weighted by molar-refractivity contribution is 0.563. The van der Waals surface area contributed by atoms with Crippen LogP contribution in [0.1, 0.15) is 18.5 Å². The van der Waals surface area contributed by atoms with Gasteiger partial charge in [0.1, 0.15) is 0 Å². The molecule has 2 aromatic rings. The predicted molar refractivity (Wildman–Crippen MR) is 74.4 cm³/mol. The third-order valence-corrected chi connectivity index (χ3v) is 4.32. The molecule has 6 heteroatoms. The fourth-order valence-electron chi connectivity index (χ4n) is 1.62. The number of nitrogens with one attached hydrogen (secondary N) is 1. The maximum Gasteiger partial charge on any atom is 0.258 e. The van der Waals surface area contributed by atoms with E-state index in [1.807, 2.05) is 0 Å². The van der Waals surface area contributed by atoms with Crippen molar-refractivity contribution >= 4 is 21.6 Å². The molecule has 0 aliphatic heterocycles. The van der Waals surface area contributed by atoms with Crippen LogP contribution in [0.4, 0.5) is 0 Å². The summed E-state index contributed by atoms with van der Waals surface area (Å²) in [5.74, 6) is 0. The van der Waals surface area contributed by atoms with Crippen molar-refractivity contribution in [2.24, 2.45) is 0 Å². The van der Waals surface area contributed by atoms with Crippen LogP contribution < -0.4 is 4.72 Å². The summed E-state index contributed by atoms with van der Waals surface area (Å²) in [6, 6.07) is 11.4. The second-order valence-electron chi connectivity index (χ2n) is 4.06. The molecule has 1 atom stereocenters. The fraction of sp³-hybridized carbons (Fsp3) is 0.154. The standard InChI is InChI=1S/C13H13ClN2O2S/c1-10(11-5-7-12(14)8-6-11)16-19(17,18)13-4-2-3-9-15-13/h2-10,16H,1H3/t10-/m1/s1. The van der Waals surface area contributed by atoms with E-state index in [0.717, 1.165) is 5.56 Å². The van der Waals surface area contributed by atoms with Crippen LogP contribution in [0.25, 0.3) is 0 Å². The van der Waals surface area contributed by atoms with Crippen molar-refractivity contribution in [3.63, 3.8) is 0 Å². The summed E-state index contributed by atoms with van der Waals surface area (Å²) in [6.07, 6.45) is 1.45. The molecule has 0 bridgehead atoms. The van der Waals surface area contributed by atoms with Crippen LogP contribution in [-0.2, 0) is 10.0 Å². The lowest BCUT2D eigenvalue weighted by Gasteiger charge is -2.14. The van der Waals surface area contributed by atoms with Gasteiger partial charge in [-0.05, 0) is 36.8 Å². The molecule has 0 fully saturated rings. The van der Waals surface area contributed by atoms with Crippen LogP contribution in [-0.4, -0.2) is 13.4 Å². The maximum absolute atomic E-state index is 12.1. The monoisotopic (exact) mass is 296 g/mol. The highest BCUT2D eigenvalue weighted by Gasteiger charge is 2.19. The molecule has 1 aromatic heterocycles. The quantitative estimate of drug-likeness (QED) is 0.944. The molecule has 2 rings (SSSR count). The zero-order valence-electron chi connectivity index (χ0n) is 10.2. The number of sulfonamides is 1. The normalized spacial score (nSPS) is 13.2. The van der Waals surface area contributed by atoms with Crippen molar-refractivity contribution in [3.8, 4) is 0 Å². The number of halogens is 1. The summed E-state index contributed by atoms with van der Waals surface area (Å²) in [4.78, 5) is 3.84. The van der Waals surface area contributed by atoms with Gasteiger partial charge in [-0.2, -0.15) is 0 Å². The van der Waals surface area contributed by atoms with Gasteiger partial charge in [-0.25, -0.2) is 18.1 Å². The molecule has 0 aliphatic carbocycles. The van der Waals surface area contributed by atoms with Crippen LogP contribution in [0, 0.1) is 0 Å². The van der Waals surface area contributed by atoms with Crippen molar-refractivity contribution in [1.29, 1.82) is 0 Å². The van der Waals surface area contributed by atoms with E-state index >= 15 is 0 Å². The molecule has 0 radical (unpaired) electrons. The third-order valence-electron chi connectivity index (χ3n) is 2.62. The summed E-state index contributed by atoms with van der Waals surface area (Å²) < 4.78 is 26.7. The second-order valence-corrected chi connectivity index (χ2v) is 6.16. The molecule has 1 N–H and O–H groups in total. The number of hydrogen-bond acceptors (Lipinski definition) is 3. The number of hydrogen-bond donors (Lipinski definition) is 1. The first-order valence-corrected chi connectivity index (χ1v) is 7.54. The lowest BCUT2D eigenvalue weighted by atomic mass is 10.1. The molecule has 4 nitrogen and oxygen atoms in total. The minimum Gasteiger partial charge on any atom is -0.243 e. The summed E-state index contributed by atoms with van der Waals surface area (Å²) in [7, 11) is -3.61. The minimum atomic E-state index is -3.61. The van der Waals surface area contributed by atoms with Gasteiger partial charge in [0.25, 0.3) is 10.0 Å². The molecular weight excluding hydrogens is 284 g/mol. The number of pyridine rings is 1. The highest BCUT2D eigenvalue weighted by molar-refractivity contribution is 7.89. The van der Waals surface area contributed by atoms with Gasteiger partial charge in [-0.3, -0.25) is 0 Å². The van der Waals surface area contributed by atoms with Crippen LogP contribution in [0.2, 0.25) is 5.02 Å². The Labute approximate surface area is 117 Å². The van der Waals surface area contributed by atoms with Crippen LogP contribution in [0.5, 0.6) is 0 Å². The van der Waals surface area contributed by atoms with Crippen molar-refractivity contribution in [1.82, 2.24) is 9.71 Å². The van der Waals surface area contributed by atoms with E-state index < -0.39 is 10.0 Å². The third kappa shape index (κ3) is 3.53. The second kappa shape index (κ2) is 5.69. The molecule has 0 aliphatic rings. The van der Waals surface area contributed by atoms with Crippen LogP contribution in [0.15, 0.2) is 53.7 Å². The SMILES string of the molecule is C[C@@H](NS(=O)(=O)c1ccccn1)c1ccc(Cl)cc1. The van der Waals surface area contributed by atoms with Crippen molar-refractivity contribution < 1.29 is 8.42 Å². The molecular formula is C13H13ClN2O2S. The molecule has 0 saturated carbocycles. The van der Waals surface area contributed by atoms with Crippen molar-refractivity contribution in [3.05, 3.63) is 59.2 Å². The number of aromatic nitrogens is 1. The highest BCUT2D eigenvalue weighted by Crippen LogP contribution is 2.18. The Bertz CT molecular complexity index is 642. The summed E-state index contributed by atoms with van der Waals surface area (Å²) in [6.45, 7) is 1.77. The topological polar surface area (TPSA) is 59.1 Å². The first-order chi connectivity index (χ1) is 8.99. The Morgan fingerprint density at radius 3 is 2.42 bits per heavy atom. The summed E-state index contributed by atoms with van der Waals surface area (Å²) in [5.41, 5.74) is 0.837. The Hall–Kier alpha value is -1.43. The van der Waals surface area contributed by atoms with Crippen molar-refractivity contribution in [2.45, 2.75) is 18.0 Å². The molecule has 19 heavy (non-hydrogen) atoms. The Balaban J connectivity index is 2.19. The van der Waals surface area contributed by atoms with E-state index in [9.17, 15) is 8.42 Å². The lowest BCUT2D eigenvalue weighted by Crippen LogP contribution is -2.27. The molecule has 100 valence electrons. The summed E-state index contributed by atoms with van der Waals surface area (Å²) in [5, 5.41) is 0.624. The van der Waals surface area contributed by atoms with Gasteiger partial charge in [0, 0.05) is 17.3 Å². The highest BCUT2D eigenvalue weighted by atomic mass is 35.5. The average molecular weight is 297 g/mol. The van der Waals surface area contributed by atoms with Crippen LogP contribution in [0.3, 0.4) is 0 Å². The van der Waals surface area contributed by atoms with Gasteiger partial charge < -0.3 is 0 Å². The molecule has 1 aromatic carbocycles. The van der Waals surface area contributed by atoms with E-state index in [1.165, 1.54) is 12.3 Å². The van der Waals surface area contributed by atoms with Gasteiger partial charge in [0.05, 0.1) is 0 Å². The molecule has 0 unspecified atom stereocenters. The smallest absolute Gasteiger partial charge is 0.243 e. The largest absolute Gasteiger partial charge is 0.258 e. The van der Waals surface area contributed by atoms with E-state index in [2.05, 4.69) is 9.71 Å². The van der Waals surface area contributed by atoms with Gasteiger partial charge >= 0.3 is 0 Å². The first-order valence-electron chi connectivity index (χ1n) is 5.68. The fourth-order valence-corrected chi connectivity index (χ4v) is 2.92. The van der Waals surface area contributed by atoms with Crippen LogP contribution >= 0.6 is 11.6 Å². The average Bonchev–Trinajstić information content (AvgIpc) is 2.40. The number of benzene rings is 1. The van der Waals surface area contributed by atoms with E-state index in [-0.39, 0.29) is 11.1 Å². The first kappa shape index (κ1) is 14.0.